The third kappa shape index (κ3) is 3.06. The molecule has 1 N–H and O–H groups in total. The van der Waals surface area contributed by atoms with Crippen LogP contribution >= 0.6 is 0 Å². The molecule has 32 heavy (non-hydrogen) atoms. The number of rotatable bonds is 3. The monoisotopic (exact) mass is 427 g/mol. The average molecular weight is 427 g/mol. The van der Waals surface area contributed by atoms with Crippen molar-refractivity contribution in [1.29, 1.82) is 5.26 Å². The van der Waals surface area contributed by atoms with Crippen molar-refractivity contribution >= 4 is 33.6 Å². The normalized spacial score (nSPS) is 14.1. The zero-order chi connectivity index (χ0) is 22.4. The quantitative estimate of drug-likeness (QED) is 0.533. The smallest absolute Gasteiger partial charge is 0.338 e. The first-order valence-electron chi connectivity index (χ1n) is 10.4. The lowest BCUT2D eigenvalue weighted by atomic mass is 10.1. The van der Waals surface area contributed by atoms with E-state index in [2.05, 4.69) is 20.9 Å². The fourth-order valence-corrected chi connectivity index (χ4v) is 4.42. The number of nitrogens with zero attached hydrogens (tertiary/aromatic N) is 5. The minimum absolute atomic E-state index is 0.166. The van der Waals surface area contributed by atoms with Crippen LogP contribution < -0.4 is 4.90 Å². The Balaban J connectivity index is 1.85. The van der Waals surface area contributed by atoms with Crippen molar-refractivity contribution in [3.8, 4) is 11.8 Å². The number of carboxylic acid groups (broad SMARTS) is 1. The number of nitriles is 1. The number of carbonyl (C=O) groups is 1. The van der Waals surface area contributed by atoms with E-state index in [1.807, 2.05) is 36.6 Å². The van der Waals surface area contributed by atoms with Gasteiger partial charge in [0.05, 0.1) is 41.1 Å². The van der Waals surface area contributed by atoms with Crippen LogP contribution in [0.4, 0.5) is 5.69 Å². The van der Waals surface area contributed by atoms with E-state index in [1.165, 1.54) is 0 Å². The third-order valence-corrected chi connectivity index (χ3v) is 5.92. The van der Waals surface area contributed by atoms with Crippen molar-refractivity contribution in [2.45, 2.75) is 13.8 Å². The summed E-state index contributed by atoms with van der Waals surface area (Å²) in [5.41, 5.74) is 5.00. The SMILES string of the molecule is Cc1cnc2c(C#N)cccc2c1-n1c(C)nc2c(C(=O)O)cc(N3CCOCC3)cc21. The minimum atomic E-state index is -1.02. The molecular weight excluding hydrogens is 406 g/mol. The van der Waals surface area contributed by atoms with Crippen LogP contribution in [0.3, 0.4) is 0 Å². The Morgan fingerprint density at radius 3 is 2.69 bits per heavy atom. The Kier molecular flexibility index (Phi) is 4.76. The lowest BCUT2D eigenvalue weighted by molar-refractivity contribution is 0.0699. The number of anilines is 1. The number of benzene rings is 2. The summed E-state index contributed by atoms with van der Waals surface area (Å²) >= 11 is 0. The maximum absolute atomic E-state index is 12.1. The van der Waals surface area contributed by atoms with E-state index in [4.69, 9.17) is 4.74 Å². The average Bonchev–Trinajstić information content (AvgIpc) is 3.13. The minimum Gasteiger partial charge on any atom is -0.478 e. The zero-order valence-corrected chi connectivity index (χ0v) is 17.8. The van der Waals surface area contributed by atoms with E-state index in [9.17, 15) is 15.2 Å². The molecule has 0 amide bonds. The molecule has 5 rings (SSSR count). The first kappa shape index (κ1) is 20.0. The van der Waals surface area contributed by atoms with Crippen LogP contribution in [0.1, 0.15) is 27.3 Å². The van der Waals surface area contributed by atoms with Crippen LogP contribution in [-0.4, -0.2) is 51.9 Å². The molecule has 0 aliphatic carbocycles. The van der Waals surface area contributed by atoms with Crippen molar-refractivity contribution in [3.05, 3.63) is 59.0 Å². The molecule has 160 valence electrons. The number of aromatic nitrogens is 3. The number of aryl methyl sites for hydroxylation is 2. The molecule has 2 aromatic carbocycles. The van der Waals surface area contributed by atoms with E-state index in [0.717, 1.165) is 22.3 Å². The Hall–Kier alpha value is -3.96. The fourth-order valence-electron chi connectivity index (χ4n) is 4.42. The molecule has 1 aliphatic heterocycles. The molecule has 0 unspecified atom stereocenters. The number of imidazole rings is 1. The van der Waals surface area contributed by atoms with Gasteiger partial charge in [0.2, 0.25) is 0 Å². The highest BCUT2D eigenvalue weighted by atomic mass is 16.5. The topological polar surface area (TPSA) is 104 Å². The summed E-state index contributed by atoms with van der Waals surface area (Å²) in [5, 5.41) is 20.3. The first-order chi connectivity index (χ1) is 15.5. The zero-order valence-electron chi connectivity index (χ0n) is 17.8. The van der Waals surface area contributed by atoms with Crippen molar-refractivity contribution in [1.82, 2.24) is 14.5 Å². The summed E-state index contributed by atoms with van der Waals surface area (Å²) in [6.45, 7) is 6.41. The Labute approximate surface area is 184 Å². The highest BCUT2D eigenvalue weighted by Gasteiger charge is 2.23. The number of para-hydroxylation sites is 1. The third-order valence-electron chi connectivity index (χ3n) is 5.92. The van der Waals surface area contributed by atoms with Gasteiger partial charge in [0, 0.05) is 30.4 Å². The van der Waals surface area contributed by atoms with Gasteiger partial charge in [0.1, 0.15) is 17.4 Å². The van der Waals surface area contributed by atoms with Crippen LogP contribution in [0.2, 0.25) is 0 Å². The van der Waals surface area contributed by atoms with Crippen LogP contribution in [0.15, 0.2) is 36.5 Å². The van der Waals surface area contributed by atoms with Gasteiger partial charge in [0.15, 0.2) is 0 Å². The second-order valence-electron chi connectivity index (χ2n) is 7.86. The van der Waals surface area contributed by atoms with Crippen molar-refractivity contribution in [3.63, 3.8) is 0 Å². The summed E-state index contributed by atoms with van der Waals surface area (Å²) in [4.78, 5) is 23.4. The molecule has 0 atom stereocenters. The number of hydrogen-bond donors (Lipinski definition) is 1. The van der Waals surface area contributed by atoms with Gasteiger partial charge in [-0.15, -0.1) is 0 Å². The molecular formula is C24H21N5O3. The molecule has 2 aromatic heterocycles. The predicted octanol–water partition coefficient (Wildman–Crippen LogP) is 3.60. The highest BCUT2D eigenvalue weighted by Crippen LogP contribution is 2.34. The van der Waals surface area contributed by atoms with Gasteiger partial charge in [-0.2, -0.15) is 5.26 Å². The van der Waals surface area contributed by atoms with E-state index < -0.39 is 5.97 Å². The lowest BCUT2D eigenvalue weighted by Gasteiger charge is -2.29. The molecule has 4 aromatic rings. The Morgan fingerprint density at radius 1 is 1.19 bits per heavy atom. The van der Waals surface area contributed by atoms with Crippen LogP contribution in [0.5, 0.6) is 0 Å². The number of fused-ring (bicyclic) bond motifs is 2. The van der Waals surface area contributed by atoms with Gasteiger partial charge < -0.3 is 14.7 Å². The number of aromatic carboxylic acids is 1. The predicted molar refractivity (Wildman–Crippen MR) is 121 cm³/mol. The number of pyridine rings is 1. The number of hydrogen-bond acceptors (Lipinski definition) is 6. The summed E-state index contributed by atoms with van der Waals surface area (Å²) in [7, 11) is 0. The van der Waals surface area contributed by atoms with Crippen molar-refractivity contribution in [2.24, 2.45) is 0 Å². The molecule has 0 bridgehead atoms. The summed E-state index contributed by atoms with van der Waals surface area (Å²) in [6, 6.07) is 11.4. The molecule has 0 radical (unpaired) electrons. The van der Waals surface area contributed by atoms with E-state index in [1.54, 1.807) is 18.3 Å². The molecule has 1 saturated heterocycles. The second-order valence-corrected chi connectivity index (χ2v) is 7.86. The standard InChI is InChI=1S/C24H21N5O3/c1-14-13-26-21-16(12-25)4-3-5-18(21)23(14)29-15(2)27-22-19(24(30)31)10-17(11-20(22)29)28-6-8-32-9-7-28/h3-5,10-11,13H,6-9H2,1-2H3,(H,30,31). The van der Waals surface area contributed by atoms with Crippen molar-refractivity contribution in [2.75, 3.05) is 31.2 Å². The number of ether oxygens (including phenoxy) is 1. The molecule has 8 heteroatoms. The molecule has 0 spiro atoms. The van der Waals surface area contributed by atoms with Gasteiger partial charge >= 0.3 is 5.97 Å². The van der Waals surface area contributed by atoms with Gasteiger partial charge in [-0.3, -0.25) is 9.55 Å². The summed E-state index contributed by atoms with van der Waals surface area (Å²) < 4.78 is 7.44. The second kappa shape index (κ2) is 7.62. The lowest BCUT2D eigenvalue weighted by Crippen LogP contribution is -2.36. The van der Waals surface area contributed by atoms with Gasteiger partial charge in [0.25, 0.3) is 0 Å². The maximum Gasteiger partial charge on any atom is 0.338 e. The Bertz CT molecular complexity index is 1430. The van der Waals surface area contributed by atoms with Crippen molar-refractivity contribution < 1.29 is 14.6 Å². The number of morpholine rings is 1. The van der Waals surface area contributed by atoms with E-state index in [-0.39, 0.29) is 5.56 Å². The number of carboxylic acids is 1. The maximum atomic E-state index is 12.1. The molecule has 8 nitrogen and oxygen atoms in total. The van der Waals surface area contributed by atoms with Crippen LogP contribution in [-0.2, 0) is 4.74 Å². The largest absolute Gasteiger partial charge is 0.478 e. The molecule has 1 fully saturated rings. The summed E-state index contributed by atoms with van der Waals surface area (Å²) in [6.07, 6.45) is 1.74. The Morgan fingerprint density at radius 2 is 1.97 bits per heavy atom. The van der Waals surface area contributed by atoms with E-state index >= 15 is 0 Å². The van der Waals surface area contributed by atoms with E-state index in [0.29, 0.717) is 54.2 Å². The van der Waals surface area contributed by atoms with Gasteiger partial charge in [-0.1, -0.05) is 12.1 Å². The van der Waals surface area contributed by atoms with Gasteiger partial charge in [-0.05, 0) is 37.6 Å². The highest BCUT2D eigenvalue weighted by molar-refractivity contribution is 6.04. The molecule has 1 aliphatic rings. The fraction of sp³-hybridized carbons (Fsp3) is 0.250. The van der Waals surface area contributed by atoms with Crippen LogP contribution in [0.25, 0.3) is 27.6 Å². The first-order valence-corrected chi connectivity index (χ1v) is 10.4. The van der Waals surface area contributed by atoms with Gasteiger partial charge in [-0.25, -0.2) is 9.78 Å². The van der Waals surface area contributed by atoms with Crippen LogP contribution in [0, 0.1) is 25.2 Å². The molecule has 0 saturated carbocycles. The summed E-state index contributed by atoms with van der Waals surface area (Å²) in [5.74, 6) is -0.350. The molecule has 3 heterocycles.